The Bertz CT molecular complexity index is 339. The first kappa shape index (κ1) is 18.8. The van der Waals surface area contributed by atoms with E-state index in [4.69, 9.17) is 5.11 Å². The van der Waals surface area contributed by atoms with E-state index in [0.717, 1.165) is 0 Å². The largest absolute Gasteiger partial charge is 0.396 e. The summed E-state index contributed by atoms with van der Waals surface area (Å²) in [4.78, 5) is 23.2. The Hall–Kier alpha value is -1.20. The molecule has 0 aliphatic heterocycles. The number of carbonyl (C=O) groups excluding carboxylic acids is 2. The van der Waals surface area contributed by atoms with Gasteiger partial charge < -0.3 is 15.5 Å². The van der Waals surface area contributed by atoms with E-state index in [2.05, 4.69) is 11.9 Å². The third-order valence-corrected chi connectivity index (χ3v) is 3.28. The number of nitrogens with one attached hydrogen (secondary N) is 1. The molecule has 0 heterocycles. The molecule has 0 bridgehead atoms. The Morgan fingerprint density at radius 1 is 1.40 bits per heavy atom. The average molecular weight is 285 g/mol. The van der Waals surface area contributed by atoms with Crippen molar-refractivity contribution in [2.75, 3.05) is 13.2 Å². The highest BCUT2D eigenvalue weighted by Crippen LogP contribution is 2.19. The maximum atomic E-state index is 11.6. The minimum Gasteiger partial charge on any atom is -0.396 e. The number of rotatable bonds is 10. The standard InChI is InChI=1S/C15H27NO4/c1-5-11(2)9-12(18)7-6-8-16-14(20)13(19)15(3,4)10-17/h5,11,13,17,19H,1,6-10H2,2-4H3,(H,16,20)/t11?,13-/m0/s1. The molecule has 0 aromatic heterocycles. The molecule has 0 radical (unpaired) electrons. The van der Waals surface area contributed by atoms with Gasteiger partial charge in [-0.1, -0.05) is 26.8 Å². The van der Waals surface area contributed by atoms with E-state index >= 15 is 0 Å². The summed E-state index contributed by atoms with van der Waals surface area (Å²) in [5.74, 6) is -0.205. The minimum atomic E-state index is -1.26. The van der Waals surface area contributed by atoms with Crippen LogP contribution < -0.4 is 5.32 Å². The van der Waals surface area contributed by atoms with E-state index in [1.807, 2.05) is 6.92 Å². The van der Waals surface area contributed by atoms with Crippen LogP contribution in [0.3, 0.4) is 0 Å². The maximum Gasteiger partial charge on any atom is 0.249 e. The van der Waals surface area contributed by atoms with Crippen LogP contribution in [0.5, 0.6) is 0 Å². The van der Waals surface area contributed by atoms with Gasteiger partial charge in [-0.25, -0.2) is 0 Å². The molecule has 0 rings (SSSR count). The molecule has 5 heteroatoms. The summed E-state index contributed by atoms with van der Waals surface area (Å²) < 4.78 is 0. The SMILES string of the molecule is C=CC(C)CC(=O)CCCNC(=O)[C@H](O)C(C)(C)CO. The van der Waals surface area contributed by atoms with Crippen molar-refractivity contribution in [1.82, 2.24) is 5.32 Å². The van der Waals surface area contributed by atoms with E-state index in [-0.39, 0.29) is 18.3 Å². The zero-order valence-electron chi connectivity index (χ0n) is 12.7. The molecule has 0 aliphatic rings. The smallest absolute Gasteiger partial charge is 0.249 e. The van der Waals surface area contributed by atoms with Crippen molar-refractivity contribution in [2.45, 2.75) is 46.1 Å². The van der Waals surface area contributed by atoms with E-state index in [0.29, 0.717) is 25.8 Å². The van der Waals surface area contributed by atoms with Crippen molar-refractivity contribution in [2.24, 2.45) is 11.3 Å². The molecule has 1 amide bonds. The molecule has 1 unspecified atom stereocenters. The first-order valence-corrected chi connectivity index (χ1v) is 6.95. The van der Waals surface area contributed by atoms with Gasteiger partial charge in [0.1, 0.15) is 11.9 Å². The van der Waals surface area contributed by atoms with Crippen LogP contribution in [0.15, 0.2) is 12.7 Å². The van der Waals surface area contributed by atoms with Gasteiger partial charge in [0.05, 0.1) is 6.61 Å². The fourth-order valence-electron chi connectivity index (χ4n) is 1.58. The normalized spacial score (nSPS) is 14.4. The third-order valence-electron chi connectivity index (χ3n) is 3.28. The lowest BCUT2D eigenvalue weighted by Gasteiger charge is -2.27. The van der Waals surface area contributed by atoms with E-state index in [9.17, 15) is 14.7 Å². The molecular formula is C15H27NO4. The molecule has 0 aromatic carbocycles. The van der Waals surface area contributed by atoms with Crippen molar-refractivity contribution in [3.63, 3.8) is 0 Å². The summed E-state index contributed by atoms with van der Waals surface area (Å²) in [6.45, 7) is 8.83. The van der Waals surface area contributed by atoms with Gasteiger partial charge in [0.25, 0.3) is 0 Å². The van der Waals surface area contributed by atoms with Gasteiger partial charge >= 0.3 is 0 Å². The van der Waals surface area contributed by atoms with Gasteiger partial charge in [0.15, 0.2) is 0 Å². The zero-order chi connectivity index (χ0) is 15.8. The number of Topliss-reactive ketones (excluding diaryl/α,β-unsaturated/α-hetero) is 1. The second-order valence-electron chi connectivity index (χ2n) is 5.90. The molecule has 0 saturated carbocycles. The van der Waals surface area contributed by atoms with Crippen LogP contribution >= 0.6 is 0 Å². The van der Waals surface area contributed by atoms with E-state index in [1.54, 1.807) is 19.9 Å². The molecule has 0 spiro atoms. The molecule has 116 valence electrons. The van der Waals surface area contributed by atoms with Crippen molar-refractivity contribution in [1.29, 1.82) is 0 Å². The first-order chi connectivity index (χ1) is 9.24. The lowest BCUT2D eigenvalue weighted by Crippen LogP contribution is -2.45. The number of aliphatic hydroxyl groups is 2. The first-order valence-electron chi connectivity index (χ1n) is 6.95. The second-order valence-corrected chi connectivity index (χ2v) is 5.90. The van der Waals surface area contributed by atoms with Crippen molar-refractivity contribution < 1.29 is 19.8 Å². The van der Waals surface area contributed by atoms with Crippen LogP contribution in [0.25, 0.3) is 0 Å². The number of carbonyl (C=O) groups is 2. The van der Waals surface area contributed by atoms with Gasteiger partial charge in [0.2, 0.25) is 5.91 Å². The van der Waals surface area contributed by atoms with Gasteiger partial charge in [0, 0.05) is 24.8 Å². The fourth-order valence-corrected chi connectivity index (χ4v) is 1.58. The summed E-state index contributed by atoms with van der Waals surface area (Å²) >= 11 is 0. The number of ketones is 1. The molecule has 0 saturated heterocycles. The number of amides is 1. The molecule has 0 aliphatic carbocycles. The van der Waals surface area contributed by atoms with Crippen LogP contribution in [0.4, 0.5) is 0 Å². The number of hydrogen-bond acceptors (Lipinski definition) is 4. The van der Waals surface area contributed by atoms with Crippen LogP contribution in [-0.4, -0.2) is 41.2 Å². The molecular weight excluding hydrogens is 258 g/mol. The number of hydrogen-bond donors (Lipinski definition) is 3. The second kappa shape index (κ2) is 8.87. The fraction of sp³-hybridized carbons (Fsp3) is 0.733. The Kier molecular flexibility index (Phi) is 8.34. The monoisotopic (exact) mass is 285 g/mol. The van der Waals surface area contributed by atoms with Crippen molar-refractivity contribution in [3.8, 4) is 0 Å². The third kappa shape index (κ3) is 6.82. The summed E-state index contributed by atoms with van der Waals surface area (Å²) in [7, 11) is 0. The highest BCUT2D eigenvalue weighted by Gasteiger charge is 2.32. The van der Waals surface area contributed by atoms with Crippen LogP contribution in [0.2, 0.25) is 0 Å². The summed E-state index contributed by atoms with van der Waals surface area (Å²) in [6, 6.07) is 0. The van der Waals surface area contributed by atoms with Gasteiger partial charge in [-0.2, -0.15) is 0 Å². The van der Waals surface area contributed by atoms with E-state index < -0.39 is 17.4 Å². The molecule has 0 aromatic rings. The topological polar surface area (TPSA) is 86.6 Å². The molecule has 5 nitrogen and oxygen atoms in total. The van der Waals surface area contributed by atoms with E-state index in [1.165, 1.54) is 0 Å². The van der Waals surface area contributed by atoms with Crippen LogP contribution in [0, 0.1) is 11.3 Å². The molecule has 20 heavy (non-hydrogen) atoms. The molecule has 2 atom stereocenters. The maximum absolute atomic E-state index is 11.6. The lowest BCUT2D eigenvalue weighted by atomic mass is 9.87. The van der Waals surface area contributed by atoms with Gasteiger partial charge in [-0.05, 0) is 12.3 Å². The Balaban J connectivity index is 3.93. The highest BCUT2D eigenvalue weighted by atomic mass is 16.3. The van der Waals surface area contributed by atoms with Crippen molar-refractivity contribution >= 4 is 11.7 Å². The Labute approximate surface area is 121 Å². The quantitative estimate of drug-likeness (QED) is 0.413. The summed E-state index contributed by atoms with van der Waals surface area (Å²) in [5.41, 5.74) is -0.876. The predicted molar refractivity (Wildman–Crippen MR) is 78.1 cm³/mol. The lowest BCUT2D eigenvalue weighted by molar-refractivity contribution is -0.137. The van der Waals surface area contributed by atoms with Crippen LogP contribution in [0.1, 0.15) is 40.0 Å². The summed E-state index contributed by atoms with van der Waals surface area (Å²) in [6.07, 6.45) is 1.90. The van der Waals surface area contributed by atoms with Gasteiger partial charge in [-0.3, -0.25) is 9.59 Å². The van der Waals surface area contributed by atoms with Crippen molar-refractivity contribution in [3.05, 3.63) is 12.7 Å². The zero-order valence-corrected chi connectivity index (χ0v) is 12.7. The van der Waals surface area contributed by atoms with Crippen LogP contribution in [-0.2, 0) is 9.59 Å². The number of aliphatic hydroxyl groups excluding tert-OH is 2. The minimum absolute atomic E-state index is 0.142. The average Bonchev–Trinajstić information content (AvgIpc) is 2.42. The molecule has 0 fully saturated rings. The summed E-state index contributed by atoms with van der Waals surface area (Å²) in [5, 5.41) is 21.4. The van der Waals surface area contributed by atoms with Gasteiger partial charge in [-0.15, -0.1) is 6.58 Å². The predicted octanol–water partition coefficient (Wildman–Crippen LogP) is 1.04. The Morgan fingerprint density at radius 3 is 2.50 bits per heavy atom. The Morgan fingerprint density at radius 2 is 2.00 bits per heavy atom. The number of allylic oxidation sites excluding steroid dienone is 1. The molecule has 3 N–H and O–H groups in total. The highest BCUT2D eigenvalue weighted by molar-refractivity contribution is 5.81.